The third-order valence-corrected chi connectivity index (χ3v) is 2.73. The molecule has 0 atom stereocenters. The molecule has 8 nitrogen and oxygen atoms in total. The number of H-pyrrole nitrogens is 1. The monoisotopic (exact) mass is 279 g/mol. The van der Waals surface area contributed by atoms with Gasteiger partial charge in [0.15, 0.2) is 0 Å². The lowest BCUT2D eigenvalue weighted by Crippen LogP contribution is -2.23. The number of hydrogen-bond donors (Lipinski definition) is 3. The van der Waals surface area contributed by atoms with E-state index in [-0.39, 0.29) is 31.0 Å². The number of amides is 1. The number of carbonyl (C=O) groups is 2. The highest BCUT2D eigenvalue weighted by Gasteiger charge is 2.10. The molecule has 0 radical (unpaired) electrons. The largest absolute Gasteiger partial charge is 0.478 e. The second-order valence-corrected chi connectivity index (χ2v) is 4.14. The van der Waals surface area contributed by atoms with Crippen LogP contribution in [0.1, 0.15) is 10.4 Å². The van der Waals surface area contributed by atoms with E-state index in [4.69, 9.17) is 15.6 Å². The lowest BCUT2D eigenvalue weighted by Gasteiger charge is -2.04. The van der Waals surface area contributed by atoms with Gasteiger partial charge in [0.25, 0.3) is 0 Å². The van der Waals surface area contributed by atoms with Gasteiger partial charge in [-0.1, -0.05) is 0 Å². The van der Waals surface area contributed by atoms with E-state index in [1.165, 1.54) is 22.8 Å². The Bertz CT molecular complexity index is 715. The highest BCUT2D eigenvalue weighted by Crippen LogP contribution is 2.13. The zero-order chi connectivity index (χ0) is 14.7. The van der Waals surface area contributed by atoms with Gasteiger partial charge in [-0.2, -0.15) is 0 Å². The Balaban J connectivity index is 2.25. The Morgan fingerprint density at radius 2 is 2.15 bits per heavy atom. The van der Waals surface area contributed by atoms with Crippen molar-refractivity contribution in [2.75, 3.05) is 13.2 Å². The first-order chi connectivity index (χ1) is 9.49. The van der Waals surface area contributed by atoms with E-state index in [9.17, 15) is 14.4 Å². The van der Waals surface area contributed by atoms with Crippen molar-refractivity contribution < 1.29 is 19.4 Å². The summed E-state index contributed by atoms with van der Waals surface area (Å²) in [5.41, 5.74) is 5.64. The van der Waals surface area contributed by atoms with E-state index in [1.54, 1.807) is 0 Å². The zero-order valence-corrected chi connectivity index (χ0v) is 10.5. The number of rotatable bonds is 6. The van der Waals surface area contributed by atoms with E-state index < -0.39 is 11.9 Å². The van der Waals surface area contributed by atoms with Gasteiger partial charge in [0.2, 0.25) is 5.91 Å². The molecule has 0 aliphatic carbocycles. The average molecular weight is 279 g/mol. The molecule has 106 valence electrons. The number of aromatic carboxylic acids is 1. The number of nitrogens with two attached hydrogens (primary N) is 1. The van der Waals surface area contributed by atoms with E-state index in [2.05, 4.69) is 4.98 Å². The van der Waals surface area contributed by atoms with Crippen molar-refractivity contribution in [3.05, 3.63) is 34.2 Å². The summed E-state index contributed by atoms with van der Waals surface area (Å²) in [7, 11) is 0. The van der Waals surface area contributed by atoms with Crippen molar-refractivity contribution >= 4 is 22.9 Å². The van der Waals surface area contributed by atoms with Crippen LogP contribution in [0.4, 0.5) is 0 Å². The summed E-state index contributed by atoms with van der Waals surface area (Å²) in [5, 5.41) is 8.94. The summed E-state index contributed by atoms with van der Waals surface area (Å²) in [6.07, 6.45) is 0. The highest BCUT2D eigenvalue weighted by molar-refractivity contribution is 5.92. The molecular formula is C12H13N3O5. The number of aromatic nitrogens is 2. The summed E-state index contributed by atoms with van der Waals surface area (Å²) < 4.78 is 6.34. The quantitative estimate of drug-likeness (QED) is 0.616. The maximum absolute atomic E-state index is 11.8. The van der Waals surface area contributed by atoms with Crippen molar-refractivity contribution in [3.8, 4) is 0 Å². The average Bonchev–Trinajstić information content (AvgIpc) is 2.69. The number of aromatic amines is 1. The summed E-state index contributed by atoms with van der Waals surface area (Å²) in [4.78, 5) is 35.8. The zero-order valence-electron chi connectivity index (χ0n) is 10.5. The van der Waals surface area contributed by atoms with Crippen LogP contribution in [0.15, 0.2) is 23.0 Å². The summed E-state index contributed by atoms with van der Waals surface area (Å²) in [5.74, 6) is -1.67. The maximum atomic E-state index is 11.8. The first-order valence-corrected chi connectivity index (χ1v) is 5.81. The van der Waals surface area contributed by atoms with Crippen LogP contribution in [0.3, 0.4) is 0 Å². The third kappa shape index (κ3) is 2.86. The molecule has 0 aliphatic rings. The number of primary amides is 1. The van der Waals surface area contributed by atoms with E-state index >= 15 is 0 Å². The Labute approximate surface area is 112 Å². The predicted molar refractivity (Wildman–Crippen MR) is 69.5 cm³/mol. The van der Waals surface area contributed by atoms with E-state index in [0.29, 0.717) is 11.0 Å². The van der Waals surface area contributed by atoms with Gasteiger partial charge in [0.05, 0.1) is 29.7 Å². The number of carboxylic acids is 1. The number of benzene rings is 1. The number of nitrogens with zero attached hydrogens (tertiary/aromatic N) is 1. The Hall–Kier alpha value is -2.61. The molecule has 4 N–H and O–H groups in total. The summed E-state index contributed by atoms with van der Waals surface area (Å²) >= 11 is 0. The number of hydrogen-bond acceptors (Lipinski definition) is 4. The molecule has 0 aliphatic heterocycles. The van der Waals surface area contributed by atoms with Crippen LogP contribution < -0.4 is 11.4 Å². The van der Waals surface area contributed by atoms with Gasteiger partial charge in [0.1, 0.15) is 6.61 Å². The van der Waals surface area contributed by atoms with Gasteiger partial charge in [-0.05, 0) is 18.2 Å². The minimum atomic E-state index is -1.07. The molecule has 20 heavy (non-hydrogen) atoms. The molecule has 2 rings (SSSR count). The number of nitrogens with one attached hydrogen (secondary N) is 1. The lowest BCUT2D eigenvalue weighted by molar-refractivity contribution is -0.122. The fourth-order valence-electron chi connectivity index (χ4n) is 1.84. The van der Waals surface area contributed by atoms with Gasteiger partial charge in [-0.15, -0.1) is 0 Å². The molecule has 8 heteroatoms. The van der Waals surface area contributed by atoms with Gasteiger partial charge < -0.3 is 20.6 Å². The molecule has 0 saturated heterocycles. The topological polar surface area (TPSA) is 127 Å². The summed E-state index contributed by atoms with van der Waals surface area (Å²) in [6, 6.07) is 4.35. The Morgan fingerprint density at radius 3 is 2.80 bits per heavy atom. The normalized spacial score (nSPS) is 10.8. The van der Waals surface area contributed by atoms with Crippen molar-refractivity contribution in [3.63, 3.8) is 0 Å². The van der Waals surface area contributed by atoms with Gasteiger partial charge in [-0.25, -0.2) is 9.59 Å². The molecule has 0 unspecified atom stereocenters. The van der Waals surface area contributed by atoms with Crippen LogP contribution in [-0.2, 0) is 16.1 Å². The fraction of sp³-hybridized carbons (Fsp3) is 0.250. The molecule has 0 spiro atoms. The maximum Gasteiger partial charge on any atom is 0.335 e. The molecule has 1 amide bonds. The second kappa shape index (κ2) is 5.57. The first kappa shape index (κ1) is 13.8. The van der Waals surface area contributed by atoms with Crippen molar-refractivity contribution in [1.29, 1.82) is 0 Å². The van der Waals surface area contributed by atoms with Gasteiger partial charge in [-0.3, -0.25) is 9.36 Å². The predicted octanol–water partition coefficient (Wildman–Crippen LogP) is -0.470. The van der Waals surface area contributed by atoms with E-state index in [0.717, 1.165) is 0 Å². The Kier molecular flexibility index (Phi) is 3.85. The standard InChI is InChI=1S/C12H13N3O5/c13-10(16)6-20-4-3-15-9-5-7(11(17)18)1-2-8(9)14-12(15)19/h1-2,5H,3-4,6H2,(H2,13,16)(H,14,19)(H,17,18). The molecule has 1 heterocycles. The number of carboxylic acid groups (broad SMARTS) is 1. The van der Waals surface area contributed by atoms with E-state index in [1.807, 2.05) is 0 Å². The highest BCUT2D eigenvalue weighted by atomic mass is 16.5. The number of carbonyl (C=O) groups excluding carboxylic acids is 1. The number of ether oxygens (including phenoxy) is 1. The summed E-state index contributed by atoms with van der Waals surface area (Å²) in [6.45, 7) is 0.0831. The SMILES string of the molecule is NC(=O)COCCn1c(=O)[nH]c2ccc(C(=O)O)cc21. The minimum Gasteiger partial charge on any atom is -0.478 e. The van der Waals surface area contributed by atoms with Crippen LogP contribution in [0.25, 0.3) is 11.0 Å². The molecule has 1 aromatic heterocycles. The van der Waals surface area contributed by atoms with Gasteiger partial charge >= 0.3 is 11.7 Å². The number of fused-ring (bicyclic) bond motifs is 1. The van der Waals surface area contributed by atoms with Crippen LogP contribution in [0.2, 0.25) is 0 Å². The van der Waals surface area contributed by atoms with Crippen molar-refractivity contribution in [1.82, 2.24) is 9.55 Å². The van der Waals surface area contributed by atoms with Crippen molar-refractivity contribution in [2.45, 2.75) is 6.54 Å². The molecule has 0 bridgehead atoms. The Morgan fingerprint density at radius 1 is 1.40 bits per heavy atom. The first-order valence-electron chi connectivity index (χ1n) is 5.81. The molecule has 2 aromatic rings. The van der Waals surface area contributed by atoms with Gasteiger partial charge in [0, 0.05) is 0 Å². The molecule has 1 aromatic carbocycles. The van der Waals surface area contributed by atoms with Crippen LogP contribution in [0.5, 0.6) is 0 Å². The van der Waals surface area contributed by atoms with Crippen LogP contribution >= 0.6 is 0 Å². The fourth-order valence-corrected chi connectivity index (χ4v) is 1.84. The third-order valence-electron chi connectivity index (χ3n) is 2.73. The van der Waals surface area contributed by atoms with Crippen LogP contribution in [-0.4, -0.2) is 39.7 Å². The second-order valence-electron chi connectivity index (χ2n) is 4.14. The lowest BCUT2D eigenvalue weighted by atomic mass is 10.2. The van der Waals surface area contributed by atoms with Crippen molar-refractivity contribution in [2.24, 2.45) is 5.73 Å². The molecule has 0 fully saturated rings. The minimum absolute atomic E-state index is 0.0864. The van der Waals surface area contributed by atoms with Crippen LogP contribution in [0, 0.1) is 0 Å². The molecule has 0 saturated carbocycles. The molecular weight excluding hydrogens is 266 g/mol. The smallest absolute Gasteiger partial charge is 0.335 e. The number of imidazole rings is 1.